The lowest BCUT2D eigenvalue weighted by molar-refractivity contribution is -0.117. The molecule has 0 spiro atoms. The van der Waals surface area contributed by atoms with Gasteiger partial charge in [0.25, 0.3) is 0 Å². The fourth-order valence-corrected chi connectivity index (χ4v) is 3.80. The van der Waals surface area contributed by atoms with Gasteiger partial charge in [0.15, 0.2) is 0 Å². The van der Waals surface area contributed by atoms with Gasteiger partial charge >= 0.3 is 0 Å². The number of benzene rings is 1. The van der Waals surface area contributed by atoms with E-state index < -0.39 is 16.1 Å². The summed E-state index contributed by atoms with van der Waals surface area (Å²) in [5, 5.41) is 2.66. The molecule has 10 heteroatoms. The molecule has 1 amide bonds. The number of anilines is 1. The summed E-state index contributed by atoms with van der Waals surface area (Å²) < 4.78 is 26.9. The molecule has 1 aliphatic rings. The SMILES string of the molecule is CC[C@H](N)C(=O)Nc1cccc(S(=O)(=O)N2CCN(C)CC2)c1.Cl.Cl. The highest BCUT2D eigenvalue weighted by atomic mass is 35.5. The number of carbonyl (C=O) groups excluding carboxylic acids is 1. The summed E-state index contributed by atoms with van der Waals surface area (Å²) >= 11 is 0. The quantitative estimate of drug-likeness (QED) is 0.755. The molecule has 1 aromatic carbocycles. The van der Waals surface area contributed by atoms with E-state index in [0.717, 1.165) is 0 Å². The maximum atomic E-state index is 12.7. The van der Waals surface area contributed by atoms with E-state index >= 15 is 0 Å². The van der Waals surface area contributed by atoms with E-state index in [0.29, 0.717) is 38.3 Å². The first-order chi connectivity index (χ1) is 10.8. The molecule has 0 radical (unpaired) electrons. The van der Waals surface area contributed by atoms with Crippen LogP contribution in [0.4, 0.5) is 5.69 Å². The molecule has 1 atom stereocenters. The number of nitrogens with zero attached hydrogens (tertiary/aromatic N) is 2. The predicted molar refractivity (Wildman–Crippen MR) is 104 cm³/mol. The molecular formula is C15H26Cl2N4O3S. The van der Waals surface area contributed by atoms with Crippen LogP contribution in [0, 0.1) is 0 Å². The molecule has 3 N–H and O–H groups in total. The molecule has 25 heavy (non-hydrogen) atoms. The number of hydrogen-bond acceptors (Lipinski definition) is 5. The largest absolute Gasteiger partial charge is 0.325 e. The maximum absolute atomic E-state index is 12.7. The molecule has 0 unspecified atom stereocenters. The highest BCUT2D eigenvalue weighted by Crippen LogP contribution is 2.21. The second kappa shape index (κ2) is 10.3. The Bertz CT molecular complexity index is 664. The van der Waals surface area contributed by atoms with Gasteiger partial charge in [-0.25, -0.2) is 8.42 Å². The molecule has 0 aromatic heterocycles. The van der Waals surface area contributed by atoms with Gasteiger partial charge in [-0.3, -0.25) is 4.79 Å². The lowest BCUT2D eigenvalue weighted by atomic mass is 10.2. The second-order valence-electron chi connectivity index (χ2n) is 5.74. The topological polar surface area (TPSA) is 95.7 Å². The molecule has 0 aliphatic carbocycles. The summed E-state index contributed by atoms with van der Waals surface area (Å²) in [6, 6.07) is 5.70. The standard InChI is InChI=1S/C15H24N4O3S.2ClH/c1-3-14(16)15(20)17-12-5-4-6-13(11-12)23(21,22)19-9-7-18(2)8-10-19;;/h4-6,11,14H,3,7-10,16H2,1-2H3,(H,17,20);2*1H/t14-;;/m0../s1. The maximum Gasteiger partial charge on any atom is 0.243 e. The molecule has 1 aliphatic heterocycles. The van der Waals surface area contributed by atoms with Crippen molar-refractivity contribution in [3.63, 3.8) is 0 Å². The Morgan fingerprint density at radius 1 is 1.24 bits per heavy atom. The van der Waals surface area contributed by atoms with Crippen LogP contribution in [0.2, 0.25) is 0 Å². The van der Waals surface area contributed by atoms with E-state index in [1.54, 1.807) is 18.2 Å². The fraction of sp³-hybridized carbons (Fsp3) is 0.533. The van der Waals surface area contributed by atoms with Crippen LogP contribution in [0.15, 0.2) is 29.2 Å². The van der Waals surface area contributed by atoms with Crippen LogP contribution >= 0.6 is 24.8 Å². The summed E-state index contributed by atoms with van der Waals surface area (Å²) in [4.78, 5) is 14.1. The third-order valence-corrected chi connectivity index (χ3v) is 5.87. The van der Waals surface area contributed by atoms with Gasteiger partial charge in [-0.1, -0.05) is 13.0 Å². The van der Waals surface area contributed by atoms with Crippen molar-refractivity contribution in [1.29, 1.82) is 0 Å². The zero-order valence-electron chi connectivity index (χ0n) is 14.3. The van der Waals surface area contributed by atoms with Gasteiger partial charge in [-0.2, -0.15) is 4.31 Å². The molecule has 1 fully saturated rings. The molecular weight excluding hydrogens is 387 g/mol. The first kappa shape index (κ1) is 24.1. The zero-order chi connectivity index (χ0) is 17.0. The minimum Gasteiger partial charge on any atom is -0.325 e. The highest BCUT2D eigenvalue weighted by molar-refractivity contribution is 7.89. The minimum absolute atomic E-state index is 0. The smallest absolute Gasteiger partial charge is 0.243 e. The van der Waals surface area contributed by atoms with Gasteiger partial charge in [0, 0.05) is 31.9 Å². The molecule has 0 bridgehead atoms. The number of piperazine rings is 1. The van der Waals surface area contributed by atoms with Gasteiger partial charge in [0.05, 0.1) is 10.9 Å². The van der Waals surface area contributed by atoms with Crippen molar-refractivity contribution in [2.45, 2.75) is 24.3 Å². The average Bonchev–Trinajstić information content (AvgIpc) is 2.54. The van der Waals surface area contributed by atoms with Gasteiger partial charge in [-0.05, 0) is 31.7 Å². The van der Waals surface area contributed by atoms with Gasteiger partial charge in [0.2, 0.25) is 15.9 Å². The van der Waals surface area contributed by atoms with Crippen LogP contribution in [-0.4, -0.2) is 62.8 Å². The third-order valence-electron chi connectivity index (χ3n) is 3.98. The van der Waals surface area contributed by atoms with Crippen molar-refractivity contribution >= 4 is 46.4 Å². The van der Waals surface area contributed by atoms with Crippen LogP contribution < -0.4 is 11.1 Å². The number of sulfonamides is 1. The number of likely N-dealkylation sites (N-methyl/N-ethyl adjacent to an activating group) is 1. The molecule has 0 saturated carbocycles. The lowest BCUT2D eigenvalue weighted by Crippen LogP contribution is -2.47. The Morgan fingerprint density at radius 3 is 2.40 bits per heavy atom. The minimum atomic E-state index is -3.55. The Hall–Kier alpha value is -0.900. The molecule has 144 valence electrons. The van der Waals surface area contributed by atoms with Crippen molar-refractivity contribution in [1.82, 2.24) is 9.21 Å². The van der Waals surface area contributed by atoms with Crippen LogP contribution in [0.1, 0.15) is 13.3 Å². The summed E-state index contributed by atoms with van der Waals surface area (Å²) in [5.74, 6) is -0.318. The van der Waals surface area contributed by atoms with Crippen LogP contribution in [0.5, 0.6) is 0 Å². The van der Waals surface area contributed by atoms with Crippen LogP contribution in [0.25, 0.3) is 0 Å². The normalized spacial score (nSPS) is 17.1. The Labute approximate surface area is 161 Å². The van der Waals surface area contributed by atoms with Gasteiger partial charge < -0.3 is 16.0 Å². The number of rotatable bonds is 5. The number of hydrogen-bond donors (Lipinski definition) is 2. The van der Waals surface area contributed by atoms with Crippen molar-refractivity contribution in [3.8, 4) is 0 Å². The van der Waals surface area contributed by atoms with E-state index in [1.165, 1.54) is 10.4 Å². The van der Waals surface area contributed by atoms with E-state index in [-0.39, 0.29) is 35.6 Å². The molecule has 2 rings (SSSR count). The van der Waals surface area contributed by atoms with Crippen molar-refractivity contribution < 1.29 is 13.2 Å². The van der Waals surface area contributed by atoms with Crippen LogP contribution in [0.3, 0.4) is 0 Å². The Kier molecular flexibility index (Phi) is 9.93. The fourth-order valence-electron chi connectivity index (χ4n) is 2.33. The van der Waals surface area contributed by atoms with Crippen molar-refractivity contribution in [2.75, 3.05) is 38.5 Å². The lowest BCUT2D eigenvalue weighted by Gasteiger charge is -2.31. The number of nitrogens with two attached hydrogens (primary N) is 1. The monoisotopic (exact) mass is 412 g/mol. The Balaban J connectivity index is 0.00000288. The first-order valence-corrected chi connectivity index (χ1v) is 9.14. The third kappa shape index (κ3) is 6.09. The van der Waals surface area contributed by atoms with E-state index in [9.17, 15) is 13.2 Å². The molecule has 1 heterocycles. The molecule has 1 saturated heterocycles. The first-order valence-electron chi connectivity index (χ1n) is 7.70. The number of halogens is 2. The highest BCUT2D eigenvalue weighted by Gasteiger charge is 2.27. The number of carbonyl (C=O) groups is 1. The average molecular weight is 413 g/mol. The van der Waals surface area contributed by atoms with Gasteiger partial charge in [-0.15, -0.1) is 24.8 Å². The van der Waals surface area contributed by atoms with E-state index in [4.69, 9.17) is 5.73 Å². The predicted octanol–water partition coefficient (Wildman–Crippen LogP) is 1.14. The number of nitrogens with one attached hydrogen (secondary N) is 1. The van der Waals surface area contributed by atoms with Gasteiger partial charge in [0.1, 0.15) is 0 Å². The van der Waals surface area contributed by atoms with Crippen molar-refractivity contribution in [2.24, 2.45) is 5.73 Å². The zero-order valence-corrected chi connectivity index (χ0v) is 16.8. The Morgan fingerprint density at radius 2 is 1.84 bits per heavy atom. The van der Waals surface area contributed by atoms with Crippen molar-refractivity contribution in [3.05, 3.63) is 24.3 Å². The number of amides is 1. The van der Waals surface area contributed by atoms with E-state index in [1.807, 2.05) is 14.0 Å². The molecule has 7 nitrogen and oxygen atoms in total. The summed E-state index contributed by atoms with van der Waals surface area (Å²) in [6.07, 6.45) is 0.519. The van der Waals surface area contributed by atoms with Crippen LogP contribution in [-0.2, 0) is 14.8 Å². The second-order valence-corrected chi connectivity index (χ2v) is 7.68. The summed E-state index contributed by atoms with van der Waals surface area (Å²) in [6.45, 7) is 4.17. The summed E-state index contributed by atoms with van der Waals surface area (Å²) in [5.41, 5.74) is 6.11. The van der Waals surface area contributed by atoms with E-state index in [2.05, 4.69) is 10.2 Å². The molecule has 1 aromatic rings. The summed E-state index contributed by atoms with van der Waals surface area (Å²) in [7, 11) is -1.58.